The normalized spacial score (nSPS) is 19.3. The Morgan fingerprint density at radius 3 is 2.59 bits per heavy atom. The van der Waals surface area contributed by atoms with Crippen molar-refractivity contribution < 1.29 is 9.84 Å². The maximum Gasteiger partial charge on any atom is 0.154 e. The summed E-state index contributed by atoms with van der Waals surface area (Å²) in [7, 11) is 0.304. The molecule has 0 saturated carbocycles. The lowest BCUT2D eigenvalue weighted by molar-refractivity contribution is -0.0793. The summed E-state index contributed by atoms with van der Waals surface area (Å²) in [4.78, 5) is 0. The molecule has 0 bridgehead atoms. The summed E-state index contributed by atoms with van der Waals surface area (Å²) in [5.74, 6) is 3.85. The molecule has 0 aromatic carbocycles. The van der Waals surface area contributed by atoms with Gasteiger partial charge in [-0.05, 0) is 32.1 Å². The highest BCUT2D eigenvalue weighted by Gasteiger charge is 2.10. The first-order valence-electron chi connectivity index (χ1n) is 8.51. The Bertz CT molecular complexity index is 435. The fraction of sp³-hybridized carbons (Fsp3) is 0.684. The Morgan fingerprint density at radius 1 is 1.27 bits per heavy atom. The van der Waals surface area contributed by atoms with Crippen LogP contribution in [0, 0.1) is 17.4 Å². The largest absolute Gasteiger partial charge is 0.368 e. The molecule has 2 nitrogen and oxygen atoms in total. The third-order valence-electron chi connectivity index (χ3n) is 3.75. The molecule has 0 spiro atoms. The van der Waals surface area contributed by atoms with Crippen LogP contribution in [0.2, 0.25) is 19.6 Å². The van der Waals surface area contributed by atoms with Gasteiger partial charge in [-0.2, -0.15) is 0 Å². The van der Waals surface area contributed by atoms with Crippen molar-refractivity contribution in [2.24, 2.45) is 5.92 Å². The van der Waals surface area contributed by atoms with Gasteiger partial charge in [0.25, 0.3) is 0 Å². The van der Waals surface area contributed by atoms with E-state index < -0.39 is 14.4 Å². The Morgan fingerprint density at radius 2 is 2.00 bits per heavy atom. The van der Waals surface area contributed by atoms with Crippen LogP contribution in [0.5, 0.6) is 0 Å². The van der Waals surface area contributed by atoms with Gasteiger partial charge in [-0.15, -0.1) is 11.5 Å². The highest BCUT2D eigenvalue weighted by Crippen LogP contribution is 2.21. The van der Waals surface area contributed by atoms with Crippen LogP contribution in [0.1, 0.15) is 44.9 Å². The molecule has 1 aliphatic carbocycles. The zero-order valence-electron chi connectivity index (χ0n) is 14.7. The fourth-order valence-corrected chi connectivity index (χ4v) is 3.00. The highest BCUT2D eigenvalue weighted by atomic mass is 28.3. The van der Waals surface area contributed by atoms with Gasteiger partial charge in [0.05, 0.1) is 0 Å². The summed E-state index contributed by atoms with van der Waals surface area (Å²) in [5.41, 5.74) is 4.93. The third-order valence-corrected chi connectivity index (χ3v) is 4.64. The van der Waals surface area contributed by atoms with E-state index in [0.29, 0.717) is 5.92 Å². The second-order valence-corrected chi connectivity index (χ2v) is 11.9. The lowest BCUT2D eigenvalue weighted by atomic mass is 9.94. The molecule has 124 valence electrons. The Labute approximate surface area is 137 Å². The molecule has 1 N–H and O–H groups in total. The van der Waals surface area contributed by atoms with E-state index in [-0.39, 0.29) is 0 Å². The van der Waals surface area contributed by atoms with E-state index in [9.17, 15) is 5.11 Å². The summed E-state index contributed by atoms with van der Waals surface area (Å²) in [6.45, 7) is 6.87. The van der Waals surface area contributed by atoms with Crippen LogP contribution in [0.4, 0.5) is 0 Å². The van der Waals surface area contributed by atoms with E-state index in [4.69, 9.17) is 4.74 Å². The topological polar surface area (TPSA) is 29.5 Å². The molecule has 0 saturated heterocycles. The molecule has 2 atom stereocenters. The Balaban J connectivity index is 2.15. The number of unbranched alkanes of at least 4 members (excludes halogenated alkanes) is 3. The standard InChI is InChI=1S/C19H32O2Si/c1-21-19(20)10-8-6-5-7-9-17-11-13-18(14-12-17)15-16-22(2,3)4/h11-13,18-20H,5-10,14H2,1-4H3. The van der Waals surface area contributed by atoms with Gasteiger partial charge in [-0.1, -0.05) is 56.3 Å². The number of hydrogen-bond acceptors (Lipinski definition) is 2. The highest BCUT2D eigenvalue weighted by molar-refractivity contribution is 6.83. The number of allylic oxidation sites excluding steroid dienone is 4. The molecular weight excluding hydrogens is 288 g/mol. The van der Waals surface area contributed by atoms with E-state index in [1.54, 1.807) is 7.11 Å². The summed E-state index contributed by atoms with van der Waals surface area (Å²) in [5, 5.41) is 9.29. The van der Waals surface area contributed by atoms with Gasteiger partial charge in [0.1, 0.15) is 8.07 Å². The van der Waals surface area contributed by atoms with Crippen LogP contribution >= 0.6 is 0 Å². The van der Waals surface area contributed by atoms with Crippen LogP contribution in [0.15, 0.2) is 23.8 Å². The van der Waals surface area contributed by atoms with Gasteiger partial charge in [0.15, 0.2) is 6.29 Å². The van der Waals surface area contributed by atoms with Gasteiger partial charge in [0.2, 0.25) is 0 Å². The SMILES string of the molecule is COC(O)CCCCCCC1=CCC(C#C[Si](C)(C)C)C=C1. The minimum Gasteiger partial charge on any atom is -0.368 e. The van der Waals surface area contributed by atoms with Crippen molar-refractivity contribution in [3.05, 3.63) is 23.8 Å². The number of methoxy groups -OCH3 is 1. The Hall–Kier alpha value is -0.823. The van der Waals surface area contributed by atoms with Crippen LogP contribution in [-0.2, 0) is 4.74 Å². The average molecular weight is 321 g/mol. The van der Waals surface area contributed by atoms with Gasteiger partial charge in [-0.25, -0.2) is 0 Å². The predicted octanol–water partition coefficient (Wildman–Crippen LogP) is 4.68. The predicted molar refractivity (Wildman–Crippen MR) is 97.2 cm³/mol. The van der Waals surface area contributed by atoms with E-state index in [1.165, 1.54) is 24.8 Å². The van der Waals surface area contributed by atoms with Crippen molar-refractivity contribution in [3.63, 3.8) is 0 Å². The quantitative estimate of drug-likeness (QED) is 0.305. The summed E-state index contributed by atoms with van der Waals surface area (Å²) < 4.78 is 4.83. The maximum absolute atomic E-state index is 9.29. The molecule has 1 aliphatic rings. The monoisotopic (exact) mass is 320 g/mol. The number of ether oxygens (including phenoxy) is 1. The zero-order chi connectivity index (χ0) is 16.4. The molecule has 22 heavy (non-hydrogen) atoms. The molecule has 2 unspecified atom stereocenters. The molecule has 1 rings (SSSR count). The first-order valence-corrected chi connectivity index (χ1v) is 12.0. The smallest absolute Gasteiger partial charge is 0.154 e. The van der Waals surface area contributed by atoms with E-state index in [2.05, 4.69) is 49.3 Å². The van der Waals surface area contributed by atoms with Gasteiger partial charge in [-0.3, -0.25) is 0 Å². The first-order chi connectivity index (χ1) is 10.4. The third kappa shape index (κ3) is 9.25. The fourth-order valence-electron chi connectivity index (χ4n) is 2.39. The minimum absolute atomic E-state index is 0.422. The summed E-state index contributed by atoms with van der Waals surface area (Å²) in [6.07, 6.45) is 14.0. The van der Waals surface area contributed by atoms with Crippen LogP contribution in [0.25, 0.3) is 0 Å². The van der Waals surface area contributed by atoms with E-state index in [0.717, 1.165) is 25.7 Å². The maximum atomic E-state index is 9.29. The molecule has 0 amide bonds. The molecule has 0 heterocycles. The number of aliphatic hydroxyl groups is 1. The van der Waals surface area contributed by atoms with Gasteiger partial charge in [0, 0.05) is 13.0 Å². The van der Waals surface area contributed by atoms with Crippen molar-refractivity contribution in [1.82, 2.24) is 0 Å². The van der Waals surface area contributed by atoms with Gasteiger partial charge < -0.3 is 9.84 Å². The lowest BCUT2D eigenvalue weighted by Crippen LogP contribution is -2.17. The van der Waals surface area contributed by atoms with Crippen molar-refractivity contribution in [2.45, 2.75) is 70.9 Å². The molecule has 3 heteroatoms. The number of aliphatic hydroxyl groups excluding tert-OH is 1. The van der Waals surface area contributed by atoms with E-state index >= 15 is 0 Å². The van der Waals surface area contributed by atoms with Crippen molar-refractivity contribution in [3.8, 4) is 11.5 Å². The van der Waals surface area contributed by atoms with Crippen molar-refractivity contribution >= 4 is 8.07 Å². The minimum atomic E-state index is -1.25. The first kappa shape index (κ1) is 19.2. The molecule has 0 aromatic rings. The second-order valence-electron chi connectivity index (χ2n) is 7.14. The average Bonchev–Trinajstić information content (AvgIpc) is 2.48. The number of rotatable bonds is 8. The van der Waals surface area contributed by atoms with Crippen LogP contribution in [0.3, 0.4) is 0 Å². The lowest BCUT2D eigenvalue weighted by Gasteiger charge is -2.12. The van der Waals surface area contributed by atoms with Crippen molar-refractivity contribution in [1.29, 1.82) is 0 Å². The number of hydrogen-bond donors (Lipinski definition) is 1. The van der Waals surface area contributed by atoms with E-state index in [1.807, 2.05) is 0 Å². The van der Waals surface area contributed by atoms with Crippen LogP contribution < -0.4 is 0 Å². The van der Waals surface area contributed by atoms with Crippen molar-refractivity contribution in [2.75, 3.05) is 7.11 Å². The van der Waals surface area contributed by atoms with Gasteiger partial charge >= 0.3 is 0 Å². The molecule has 0 radical (unpaired) electrons. The molecule has 0 aromatic heterocycles. The Kier molecular flexibility index (Phi) is 8.78. The molecule has 0 aliphatic heterocycles. The van der Waals surface area contributed by atoms with Crippen LogP contribution in [-0.4, -0.2) is 26.6 Å². The second kappa shape index (κ2) is 10.0. The molecular formula is C19H32O2Si. The molecule has 0 fully saturated rings. The zero-order valence-corrected chi connectivity index (χ0v) is 15.7. The summed E-state index contributed by atoms with van der Waals surface area (Å²) in [6, 6.07) is 0. The summed E-state index contributed by atoms with van der Waals surface area (Å²) >= 11 is 0.